The highest BCUT2D eigenvalue weighted by Gasteiger charge is 2.40. The van der Waals surface area contributed by atoms with E-state index in [0.717, 1.165) is 32.1 Å². The Morgan fingerprint density at radius 2 is 2.15 bits per heavy atom. The second-order valence-electron chi connectivity index (χ2n) is 7.93. The minimum absolute atomic E-state index is 0.0940. The molecule has 0 radical (unpaired) electrons. The Bertz CT molecular complexity index is 1110. The Morgan fingerprint density at radius 3 is 2.82 bits per heavy atom. The number of halogens is 3. The van der Waals surface area contributed by atoms with Gasteiger partial charge in [-0.3, -0.25) is 10.6 Å². The number of hydrogen-bond donors (Lipinski definition) is 5. The van der Waals surface area contributed by atoms with E-state index < -0.39 is 24.1 Å². The van der Waals surface area contributed by atoms with Gasteiger partial charge in [0.2, 0.25) is 0 Å². The number of methoxy groups -OCH3 is 1. The van der Waals surface area contributed by atoms with Crippen LogP contribution in [0.15, 0.2) is 35.1 Å². The second-order valence-corrected chi connectivity index (χ2v) is 7.93. The molecule has 2 aromatic rings. The molecule has 0 saturated carbocycles. The minimum Gasteiger partial charge on any atom is -0.489 e. The summed E-state index contributed by atoms with van der Waals surface area (Å²) in [6, 6.07) is 3.27. The number of nitrogens with one attached hydrogen (secondary N) is 5. The van der Waals surface area contributed by atoms with E-state index in [1.807, 2.05) is 0 Å². The average molecular weight is 480 g/mol. The summed E-state index contributed by atoms with van der Waals surface area (Å²) in [5, 5.41) is 12.3. The summed E-state index contributed by atoms with van der Waals surface area (Å²) in [7, 11) is 1.23. The fourth-order valence-electron chi connectivity index (χ4n) is 4.12. The van der Waals surface area contributed by atoms with Crippen molar-refractivity contribution in [2.75, 3.05) is 32.1 Å². The van der Waals surface area contributed by atoms with Crippen LogP contribution in [0.3, 0.4) is 0 Å². The Kier molecular flexibility index (Phi) is 6.98. The van der Waals surface area contributed by atoms with E-state index in [9.17, 15) is 18.0 Å². The number of aromatic amines is 1. The molecule has 1 aromatic carbocycles. The van der Waals surface area contributed by atoms with E-state index in [0.29, 0.717) is 22.3 Å². The van der Waals surface area contributed by atoms with Gasteiger partial charge in [-0.2, -0.15) is 13.2 Å². The molecule has 12 heteroatoms. The zero-order valence-electron chi connectivity index (χ0n) is 18.8. The van der Waals surface area contributed by atoms with E-state index in [2.05, 4.69) is 36.0 Å². The quantitative estimate of drug-likeness (QED) is 0.434. The molecule has 1 fully saturated rings. The lowest BCUT2D eigenvalue weighted by Crippen LogP contribution is -2.52. The van der Waals surface area contributed by atoms with Gasteiger partial charge >= 0.3 is 12.3 Å². The lowest BCUT2D eigenvalue weighted by Gasteiger charge is -2.30. The van der Waals surface area contributed by atoms with Crippen molar-refractivity contribution >= 4 is 28.4 Å². The molecule has 1 amide bonds. The fraction of sp³-hybridized carbons (Fsp3) is 0.455. The number of aliphatic imine (C=N–C) groups is 1. The van der Waals surface area contributed by atoms with Crippen LogP contribution in [0.4, 0.5) is 23.7 Å². The largest absolute Gasteiger partial charge is 0.489 e. The van der Waals surface area contributed by atoms with E-state index in [1.54, 1.807) is 19.1 Å². The van der Waals surface area contributed by atoms with Crippen LogP contribution in [-0.4, -0.2) is 62.1 Å². The number of alkyl halides is 3. The van der Waals surface area contributed by atoms with Gasteiger partial charge in [-0.1, -0.05) is 0 Å². The van der Waals surface area contributed by atoms with E-state index in [4.69, 9.17) is 4.74 Å². The summed E-state index contributed by atoms with van der Waals surface area (Å²) in [6.45, 7) is 3.69. The molecule has 3 heterocycles. The summed E-state index contributed by atoms with van der Waals surface area (Å²) in [5.41, 5.74) is -0.00988. The Balaban J connectivity index is 1.74. The standard InChI is InChI=1S/C22H27F3N6O3/c1-3-34-19-16(30-21(32)33-2)7-6-13-14(10-27-18(13)19)17-15(22(23,24)25)11-28-20(31-17)29-12-5-4-8-26-9-12/h6-7,10-12,20,26-29H,3-5,8-9H2,1-2H3,(H,30,32). The molecule has 0 spiro atoms. The van der Waals surface area contributed by atoms with Gasteiger partial charge in [0.05, 0.1) is 36.2 Å². The van der Waals surface area contributed by atoms with Gasteiger partial charge in [0.15, 0.2) is 12.0 Å². The van der Waals surface area contributed by atoms with Gasteiger partial charge in [0.1, 0.15) is 0 Å². The molecule has 2 aliphatic heterocycles. The number of hydrogen-bond acceptors (Lipinski definition) is 7. The molecule has 2 unspecified atom stereocenters. The number of fused-ring (bicyclic) bond motifs is 1. The number of aromatic nitrogens is 1. The third-order valence-electron chi connectivity index (χ3n) is 5.67. The van der Waals surface area contributed by atoms with Gasteiger partial charge in [-0.05, 0) is 38.4 Å². The highest BCUT2D eigenvalue weighted by molar-refractivity contribution is 6.21. The number of allylic oxidation sites excluding steroid dienone is 1. The normalized spacial score (nSPS) is 20.9. The van der Waals surface area contributed by atoms with Crippen LogP contribution < -0.4 is 26.0 Å². The first-order valence-corrected chi connectivity index (χ1v) is 11.0. The zero-order chi connectivity index (χ0) is 24.3. The Morgan fingerprint density at radius 1 is 1.32 bits per heavy atom. The van der Waals surface area contributed by atoms with E-state index in [1.165, 1.54) is 13.3 Å². The van der Waals surface area contributed by atoms with Crippen molar-refractivity contribution < 1.29 is 27.4 Å². The highest BCUT2D eigenvalue weighted by atomic mass is 19.4. The molecule has 4 rings (SSSR count). The first kappa shape index (κ1) is 23.9. The van der Waals surface area contributed by atoms with Crippen molar-refractivity contribution in [1.82, 2.24) is 20.9 Å². The van der Waals surface area contributed by atoms with Crippen LogP contribution in [0, 0.1) is 0 Å². The first-order valence-electron chi connectivity index (χ1n) is 11.0. The van der Waals surface area contributed by atoms with Gasteiger partial charge in [-0.15, -0.1) is 0 Å². The summed E-state index contributed by atoms with van der Waals surface area (Å²) in [5.74, 6) is 0.298. The predicted molar refractivity (Wildman–Crippen MR) is 122 cm³/mol. The maximum Gasteiger partial charge on any atom is 0.419 e. The average Bonchev–Trinajstić information content (AvgIpc) is 3.25. The lowest BCUT2D eigenvalue weighted by atomic mass is 10.00. The van der Waals surface area contributed by atoms with Crippen molar-refractivity contribution in [3.8, 4) is 5.75 Å². The smallest absolute Gasteiger partial charge is 0.419 e. The van der Waals surface area contributed by atoms with E-state index >= 15 is 0 Å². The highest BCUT2D eigenvalue weighted by Crippen LogP contribution is 2.38. The first-order chi connectivity index (χ1) is 16.3. The van der Waals surface area contributed by atoms with Crippen LogP contribution in [0.1, 0.15) is 25.3 Å². The van der Waals surface area contributed by atoms with Crippen LogP contribution in [0.2, 0.25) is 0 Å². The van der Waals surface area contributed by atoms with Gasteiger partial charge in [0, 0.05) is 35.9 Å². The van der Waals surface area contributed by atoms with E-state index in [-0.39, 0.29) is 23.9 Å². The molecule has 0 bridgehead atoms. The van der Waals surface area contributed by atoms with Crippen LogP contribution in [-0.2, 0) is 4.74 Å². The second kappa shape index (κ2) is 9.94. The van der Waals surface area contributed by atoms with Crippen LogP contribution >= 0.6 is 0 Å². The maximum atomic E-state index is 13.9. The van der Waals surface area contributed by atoms with Gasteiger partial charge in [-0.25, -0.2) is 9.79 Å². The number of benzene rings is 1. The van der Waals surface area contributed by atoms with Crippen molar-refractivity contribution in [3.05, 3.63) is 35.7 Å². The monoisotopic (exact) mass is 480 g/mol. The number of piperidine rings is 1. The number of H-pyrrole nitrogens is 1. The number of rotatable bonds is 6. The summed E-state index contributed by atoms with van der Waals surface area (Å²) in [6.07, 6.45) is -1.68. The Labute approximate surface area is 194 Å². The molecule has 2 atom stereocenters. The van der Waals surface area contributed by atoms with Crippen molar-refractivity contribution in [2.45, 2.75) is 38.3 Å². The Hall–Kier alpha value is -3.25. The molecule has 0 aliphatic carbocycles. The number of carbonyl (C=O) groups is 1. The maximum absolute atomic E-state index is 13.9. The lowest BCUT2D eigenvalue weighted by molar-refractivity contribution is -0.0867. The zero-order valence-corrected chi connectivity index (χ0v) is 18.8. The van der Waals surface area contributed by atoms with Gasteiger partial charge < -0.3 is 25.1 Å². The number of ether oxygens (including phenoxy) is 2. The van der Waals surface area contributed by atoms with Crippen molar-refractivity contribution in [1.29, 1.82) is 0 Å². The predicted octanol–water partition coefficient (Wildman–Crippen LogP) is 3.21. The number of nitrogens with zero attached hydrogens (tertiary/aromatic N) is 1. The topological polar surface area (TPSA) is 112 Å². The fourth-order valence-corrected chi connectivity index (χ4v) is 4.12. The van der Waals surface area contributed by atoms with Crippen LogP contribution in [0.5, 0.6) is 5.75 Å². The molecule has 9 nitrogen and oxygen atoms in total. The summed E-state index contributed by atoms with van der Waals surface area (Å²) >= 11 is 0. The number of amides is 1. The molecular formula is C22H27F3N6O3. The summed E-state index contributed by atoms with van der Waals surface area (Å²) in [4.78, 5) is 19.1. The number of carbonyl (C=O) groups excluding carboxylic acids is 1. The minimum atomic E-state index is -4.61. The molecule has 2 aliphatic rings. The molecular weight excluding hydrogens is 453 g/mol. The van der Waals surface area contributed by atoms with Crippen molar-refractivity contribution in [3.63, 3.8) is 0 Å². The van der Waals surface area contributed by atoms with Crippen molar-refractivity contribution in [2.24, 2.45) is 4.99 Å². The number of anilines is 1. The molecule has 5 N–H and O–H groups in total. The SMILES string of the molecule is CCOc1c(NC(=O)OC)ccc2c(C3=NC(NC4CCCNC4)NC=C3C(F)(F)F)c[nH]c12. The van der Waals surface area contributed by atoms with Crippen LogP contribution in [0.25, 0.3) is 10.9 Å². The summed E-state index contributed by atoms with van der Waals surface area (Å²) < 4.78 is 52.0. The third kappa shape index (κ3) is 4.97. The van der Waals surface area contributed by atoms with Gasteiger partial charge in [0.25, 0.3) is 0 Å². The molecule has 1 saturated heterocycles. The third-order valence-corrected chi connectivity index (χ3v) is 5.67. The molecule has 1 aromatic heterocycles. The molecule has 34 heavy (non-hydrogen) atoms. The molecule has 184 valence electrons.